The van der Waals surface area contributed by atoms with Gasteiger partial charge < -0.3 is 5.73 Å². The predicted molar refractivity (Wildman–Crippen MR) is 45.1 cm³/mol. The lowest BCUT2D eigenvalue weighted by Crippen LogP contribution is -1.97. The minimum atomic E-state index is 0.491. The van der Waals surface area contributed by atoms with Crippen LogP contribution in [0.3, 0.4) is 0 Å². The maximum Gasteiger partial charge on any atom is 0.149 e. The Bertz CT molecular complexity index is 358. The quantitative estimate of drug-likeness (QED) is 0.712. The summed E-state index contributed by atoms with van der Waals surface area (Å²) in [7, 11) is 0. The van der Waals surface area contributed by atoms with Crippen molar-refractivity contribution in [3.05, 3.63) is 23.1 Å². The van der Waals surface area contributed by atoms with Crippen LogP contribution in [0.5, 0.6) is 0 Å². The lowest BCUT2D eigenvalue weighted by Gasteiger charge is -1.97. The molecule has 4 nitrogen and oxygen atoms in total. The Morgan fingerprint density at radius 1 is 1.55 bits per heavy atom. The highest BCUT2D eigenvalue weighted by atomic mass is 79.9. The normalized spacial score (nSPS) is 10.6. The van der Waals surface area contributed by atoms with Crippen molar-refractivity contribution in [2.45, 2.75) is 0 Å². The molecule has 11 heavy (non-hydrogen) atoms. The van der Waals surface area contributed by atoms with Gasteiger partial charge in [-0.25, -0.2) is 9.50 Å². The van der Waals surface area contributed by atoms with Gasteiger partial charge in [0.2, 0.25) is 0 Å². The molecule has 2 aromatic heterocycles. The minimum absolute atomic E-state index is 0.491. The van der Waals surface area contributed by atoms with E-state index in [9.17, 15) is 0 Å². The largest absolute Gasteiger partial charge is 0.382 e. The molecule has 0 amide bonds. The first-order valence-electron chi connectivity index (χ1n) is 3.03. The topological polar surface area (TPSA) is 56.2 Å². The van der Waals surface area contributed by atoms with Crippen LogP contribution in [0.25, 0.3) is 5.52 Å². The lowest BCUT2D eigenvalue weighted by molar-refractivity contribution is 0.922. The smallest absolute Gasteiger partial charge is 0.149 e. The Morgan fingerprint density at radius 3 is 3.09 bits per heavy atom. The number of nitrogen functional groups attached to an aromatic ring is 1. The monoisotopic (exact) mass is 212 g/mol. The molecule has 0 aromatic carbocycles. The van der Waals surface area contributed by atoms with Gasteiger partial charge in [0, 0.05) is 0 Å². The summed E-state index contributed by atoms with van der Waals surface area (Å²) in [5.41, 5.74) is 6.40. The number of anilines is 1. The molecule has 0 saturated carbocycles. The van der Waals surface area contributed by atoms with Crippen LogP contribution in [0.15, 0.2) is 23.1 Å². The summed E-state index contributed by atoms with van der Waals surface area (Å²) in [5, 5.41) is 4.03. The molecule has 0 unspecified atom stereocenters. The van der Waals surface area contributed by atoms with Gasteiger partial charge in [-0.2, -0.15) is 5.10 Å². The van der Waals surface area contributed by atoms with Gasteiger partial charge in [-0.05, 0) is 22.0 Å². The molecule has 2 aromatic rings. The maximum atomic E-state index is 5.58. The summed E-state index contributed by atoms with van der Waals surface area (Å²) >= 11 is 3.29. The molecule has 56 valence electrons. The lowest BCUT2D eigenvalue weighted by atomic mass is 10.5. The summed E-state index contributed by atoms with van der Waals surface area (Å²) in [6.07, 6.45) is 3.30. The molecule has 0 saturated heterocycles. The van der Waals surface area contributed by atoms with E-state index in [4.69, 9.17) is 5.73 Å². The third-order valence-corrected chi connectivity index (χ3v) is 1.96. The molecule has 0 atom stereocenters. The van der Waals surface area contributed by atoms with Gasteiger partial charge in [0.1, 0.15) is 15.9 Å². The number of nitrogens with two attached hydrogens (primary N) is 1. The molecule has 2 heterocycles. The van der Waals surface area contributed by atoms with E-state index in [1.807, 2.05) is 6.07 Å². The maximum absolute atomic E-state index is 5.58. The number of aromatic nitrogens is 3. The zero-order valence-electron chi connectivity index (χ0n) is 5.53. The molecule has 5 heteroatoms. The van der Waals surface area contributed by atoms with Crippen LogP contribution >= 0.6 is 15.9 Å². The third-order valence-electron chi connectivity index (χ3n) is 1.42. The predicted octanol–water partition coefficient (Wildman–Crippen LogP) is 1.07. The molecule has 0 aliphatic heterocycles. The van der Waals surface area contributed by atoms with E-state index in [1.54, 1.807) is 16.9 Å². The van der Waals surface area contributed by atoms with Crippen molar-refractivity contribution >= 4 is 27.3 Å². The van der Waals surface area contributed by atoms with Crippen molar-refractivity contribution in [2.24, 2.45) is 0 Å². The Morgan fingerprint density at radius 2 is 2.36 bits per heavy atom. The fourth-order valence-corrected chi connectivity index (χ4v) is 1.30. The van der Waals surface area contributed by atoms with Crippen molar-refractivity contribution in [3.8, 4) is 0 Å². The zero-order chi connectivity index (χ0) is 7.84. The fourth-order valence-electron chi connectivity index (χ4n) is 0.911. The average Bonchev–Trinajstić information content (AvgIpc) is 2.45. The van der Waals surface area contributed by atoms with Crippen molar-refractivity contribution < 1.29 is 0 Å². The highest BCUT2D eigenvalue weighted by molar-refractivity contribution is 9.10. The molecule has 0 bridgehead atoms. The van der Waals surface area contributed by atoms with Crippen molar-refractivity contribution in [1.82, 2.24) is 14.6 Å². The number of fused-ring (bicyclic) bond motifs is 1. The molecular weight excluding hydrogens is 208 g/mol. The van der Waals surface area contributed by atoms with Gasteiger partial charge in [-0.3, -0.25) is 0 Å². The highest BCUT2D eigenvalue weighted by Gasteiger charge is 2.01. The van der Waals surface area contributed by atoms with E-state index in [1.165, 1.54) is 0 Å². The van der Waals surface area contributed by atoms with Crippen LogP contribution in [0, 0.1) is 0 Å². The molecule has 0 aliphatic carbocycles. The Balaban J connectivity index is 2.96. The van der Waals surface area contributed by atoms with Gasteiger partial charge in [0.05, 0.1) is 12.4 Å². The summed E-state index contributed by atoms with van der Waals surface area (Å²) in [5.74, 6) is 0.491. The van der Waals surface area contributed by atoms with E-state index < -0.39 is 0 Å². The van der Waals surface area contributed by atoms with E-state index in [2.05, 4.69) is 26.0 Å². The summed E-state index contributed by atoms with van der Waals surface area (Å²) in [6, 6.07) is 1.81. The number of hydrogen-bond acceptors (Lipinski definition) is 3. The second kappa shape index (κ2) is 2.20. The highest BCUT2D eigenvalue weighted by Crippen LogP contribution is 2.15. The first kappa shape index (κ1) is 6.60. The average molecular weight is 213 g/mol. The molecule has 0 aliphatic rings. The van der Waals surface area contributed by atoms with E-state index in [0.29, 0.717) is 5.82 Å². The first-order valence-corrected chi connectivity index (χ1v) is 3.82. The van der Waals surface area contributed by atoms with Gasteiger partial charge in [0.15, 0.2) is 0 Å². The van der Waals surface area contributed by atoms with Crippen molar-refractivity contribution in [2.75, 3.05) is 5.73 Å². The fraction of sp³-hybridized carbons (Fsp3) is 0. The van der Waals surface area contributed by atoms with Crippen LogP contribution in [0.1, 0.15) is 0 Å². The SMILES string of the molecule is Nc1ncc(Br)n2nccc12. The molecule has 2 rings (SSSR count). The van der Waals surface area contributed by atoms with E-state index in [0.717, 1.165) is 10.1 Å². The van der Waals surface area contributed by atoms with Crippen molar-refractivity contribution in [3.63, 3.8) is 0 Å². The van der Waals surface area contributed by atoms with Gasteiger partial charge in [0.25, 0.3) is 0 Å². The second-order valence-corrected chi connectivity index (χ2v) is 2.91. The second-order valence-electron chi connectivity index (χ2n) is 2.09. The molecular formula is C6H5BrN4. The Hall–Kier alpha value is -1.10. The van der Waals surface area contributed by atoms with Crippen LogP contribution in [0.4, 0.5) is 5.82 Å². The van der Waals surface area contributed by atoms with Gasteiger partial charge in [-0.15, -0.1) is 0 Å². The van der Waals surface area contributed by atoms with E-state index in [-0.39, 0.29) is 0 Å². The van der Waals surface area contributed by atoms with Gasteiger partial charge >= 0.3 is 0 Å². The van der Waals surface area contributed by atoms with E-state index >= 15 is 0 Å². The van der Waals surface area contributed by atoms with Crippen LogP contribution in [0.2, 0.25) is 0 Å². The number of hydrogen-bond donors (Lipinski definition) is 1. The third kappa shape index (κ3) is 0.883. The van der Waals surface area contributed by atoms with Gasteiger partial charge in [-0.1, -0.05) is 0 Å². The number of nitrogens with zero attached hydrogens (tertiary/aromatic N) is 3. The Kier molecular flexibility index (Phi) is 1.32. The summed E-state index contributed by atoms with van der Waals surface area (Å²) in [4.78, 5) is 3.95. The number of rotatable bonds is 0. The van der Waals surface area contributed by atoms with Crippen LogP contribution in [-0.4, -0.2) is 14.6 Å². The Labute approximate surface area is 71.2 Å². The summed E-state index contributed by atoms with van der Waals surface area (Å²) < 4.78 is 2.48. The van der Waals surface area contributed by atoms with Crippen molar-refractivity contribution in [1.29, 1.82) is 0 Å². The first-order chi connectivity index (χ1) is 5.29. The zero-order valence-corrected chi connectivity index (χ0v) is 7.12. The molecule has 2 N–H and O–H groups in total. The standard InChI is InChI=1S/C6H5BrN4/c7-5-3-9-6(8)4-1-2-10-11(4)5/h1-3H,(H2,8,9). The molecule has 0 spiro atoms. The number of halogens is 1. The molecule has 0 fully saturated rings. The van der Waals surface area contributed by atoms with Crippen LogP contribution in [-0.2, 0) is 0 Å². The van der Waals surface area contributed by atoms with Crippen LogP contribution < -0.4 is 5.73 Å². The summed E-state index contributed by atoms with van der Waals surface area (Å²) in [6.45, 7) is 0. The molecule has 0 radical (unpaired) electrons. The minimum Gasteiger partial charge on any atom is -0.382 e.